The number of allylic oxidation sites excluding steroid dienone is 1. The lowest BCUT2D eigenvalue weighted by atomic mass is 10.0. The maximum absolute atomic E-state index is 13.4. The van der Waals surface area contributed by atoms with Crippen LogP contribution < -0.4 is 10.6 Å². The quantitative estimate of drug-likeness (QED) is 0.241. The summed E-state index contributed by atoms with van der Waals surface area (Å²) in [5, 5.41) is 7.02. The molecular weight excluding hydrogens is 518 g/mol. The normalized spacial score (nSPS) is 16.2. The fourth-order valence-electron chi connectivity index (χ4n) is 4.52. The molecule has 5 rings (SSSR count). The minimum Gasteiger partial charge on any atom is -0.469 e. The van der Waals surface area contributed by atoms with Crippen molar-refractivity contribution in [3.05, 3.63) is 89.0 Å². The lowest BCUT2D eigenvalue weighted by Crippen LogP contribution is -2.29. The van der Waals surface area contributed by atoms with Gasteiger partial charge in [-0.1, -0.05) is 48.0 Å². The van der Waals surface area contributed by atoms with E-state index in [-0.39, 0.29) is 29.8 Å². The fourth-order valence-corrected chi connectivity index (χ4v) is 4.76. The van der Waals surface area contributed by atoms with Gasteiger partial charge in [-0.05, 0) is 42.7 Å². The van der Waals surface area contributed by atoms with Crippen molar-refractivity contribution in [2.75, 3.05) is 12.4 Å². The number of aromatic nitrogens is 3. The maximum atomic E-state index is 13.4. The van der Waals surface area contributed by atoms with Gasteiger partial charge >= 0.3 is 5.97 Å². The second-order valence-corrected chi connectivity index (χ2v) is 9.49. The molecular formula is C29H26ClN5O4. The number of methoxy groups -OCH3 is 1. The molecule has 1 aliphatic rings. The third kappa shape index (κ3) is 5.83. The fraction of sp³-hybridized carbons (Fsp3) is 0.207. The van der Waals surface area contributed by atoms with Crippen LogP contribution in [0, 0.1) is 0 Å². The first kappa shape index (κ1) is 26.1. The topological polar surface area (TPSA) is 126 Å². The van der Waals surface area contributed by atoms with Gasteiger partial charge in [0.05, 0.1) is 30.8 Å². The van der Waals surface area contributed by atoms with E-state index >= 15 is 0 Å². The molecule has 198 valence electrons. The largest absolute Gasteiger partial charge is 0.469 e. The third-order valence-corrected chi connectivity index (χ3v) is 6.74. The van der Waals surface area contributed by atoms with Gasteiger partial charge in [0.25, 0.3) is 5.91 Å². The van der Waals surface area contributed by atoms with Crippen molar-refractivity contribution in [3.8, 4) is 11.3 Å². The average Bonchev–Trinajstić information content (AvgIpc) is 3.32. The summed E-state index contributed by atoms with van der Waals surface area (Å²) in [5.41, 5.74) is 3.39. The van der Waals surface area contributed by atoms with Gasteiger partial charge in [0, 0.05) is 29.1 Å². The number of amides is 2. The molecule has 0 unspecified atom stereocenters. The highest BCUT2D eigenvalue weighted by Crippen LogP contribution is 2.35. The predicted molar refractivity (Wildman–Crippen MR) is 148 cm³/mol. The van der Waals surface area contributed by atoms with Gasteiger partial charge in [0.1, 0.15) is 16.7 Å². The molecule has 10 heteroatoms. The highest BCUT2D eigenvalue weighted by Gasteiger charge is 2.24. The van der Waals surface area contributed by atoms with E-state index in [0.717, 1.165) is 10.9 Å². The summed E-state index contributed by atoms with van der Waals surface area (Å²) in [7, 11) is 1.33. The van der Waals surface area contributed by atoms with E-state index in [9.17, 15) is 14.4 Å². The number of imidazole rings is 1. The first-order valence-corrected chi connectivity index (χ1v) is 12.9. The first-order chi connectivity index (χ1) is 18.9. The van der Waals surface area contributed by atoms with Gasteiger partial charge in [0.15, 0.2) is 0 Å². The van der Waals surface area contributed by atoms with Crippen molar-refractivity contribution in [1.82, 2.24) is 20.3 Å². The number of nitrogens with one attached hydrogen (secondary N) is 3. The van der Waals surface area contributed by atoms with Crippen molar-refractivity contribution >= 4 is 46.0 Å². The van der Waals surface area contributed by atoms with Crippen molar-refractivity contribution in [1.29, 1.82) is 0 Å². The van der Waals surface area contributed by atoms with Crippen molar-refractivity contribution < 1.29 is 19.1 Å². The van der Waals surface area contributed by atoms with E-state index < -0.39 is 12.0 Å². The Bertz CT molecular complexity index is 1590. The minimum absolute atomic E-state index is 0.0553. The number of nitrogens with zero attached hydrogens (tertiary/aromatic N) is 2. The van der Waals surface area contributed by atoms with Crippen LogP contribution in [0.3, 0.4) is 0 Å². The molecule has 0 aliphatic carbocycles. The van der Waals surface area contributed by atoms with Crippen LogP contribution in [0.2, 0.25) is 5.15 Å². The maximum Gasteiger partial charge on any atom is 0.309 e. The van der Waals surface area contributed by atoms with Gasteiger partial charge in [-0.3, -0.25) is 19.4 Å². The van der Waals surface area contributed by atoms with E-state index in [2.05, 4.69) is 20.6 Å². The van der Waals surface area contributed by atoms with Crippen LogP contribution in [0.5, 0.6) is 0 Å². The van der Waals surface area contributed by atoms with Crippen molar-refractivity contribution in [2.24, 2.45) is 0 Å². The van der Waals surface area contributed by atoms with E-state index in [1.54, 1.807) is 42.6 Å². The molecule has 9 nitrogen and oxygen atoms in total. The van der Waals surface area contributed by atoms with Gasteiger partial charge in [-0.25, -0.2) is 4.98 Å². The van der Waals surface area contributed by atoms with Crippen LogP contribution in [0.25, 0.3) is 22.2 Å². The van der Waals surface area contributed by atoms with Crippen LogP contribution in [0.4, 0.5) is 5.69 Å². The minimum atomic E-state index is -0.515. The Morgan fingerprint density at radius 3 is 2.87 bits per heavy atom. The molecule has 39 heavy (non-hydrogen) atoms. The number of esters is 1. The van der Waals surface area contributed by atoms with Crippen LogP contribution in [0.15, 0.2) is 66.9 Å². The number of halogens is 1. The number of ether oxygens (including phenoxy) is 1. The standard InChI is InChI=1S/C29H26ClN5O4/c1-39-25(37)16-17-12-13-20-23(15-17)32-24(36)11-4-2-3-9-22(28-34-26(20)27(30)35-28)33-29(38)19-7-5-10-21-18(19)8-6-14-31-21/h2-3,5-8,10,12-15,22H,4,9,11,16H2,1H3,(H,32,36)(H,33,38)(H,34,35)/b3-2+/t22-/m0/s1. The summed E-state index contributed by atoms with van der Waals surface area (Å²) in [5.74, 6) is -0.370. The molecule has 0 fully saturated rings. The number of carbonyl (C=O) groups excluding carboxylic acids is 3. The Morgan fingerprint density at radius 2 is 2.03 bits per heavy atom. The molecule has 2 bridgehead atoms. The summed E-state index contributed by atoms with van der Waals surface area (Å²) in [6.07, 6.45) is 6.77. The second kappa shape index (κ2) is 11.5. The molecule has 0 radical (unpaired) electrons. The number of benzene rings is 2. The number of fused-ring (bicyclic) bond motifs is 5. The van der Waals surface area contributed by atoms with Crippen LogP contribution in [0.1, 0.15) is 47.1 Å². The Labute approximate surface area is 229 Å². The zero-order valence-corrected chi connectivity index (χ0v) is 21.9. The molecule has 0 saturated carbocycles. The summed E-state index contributed by atoms with van der Waals surface area (Å²) in [6.45, 7) is 0. The SMILES string of the molecule is COC(=O)Cc1ccc2c(c1)NC(=O)CC/C=C/C[C@H](NC(=O)c1cccc3ncccc13)c1nc-2c(Cl)[nH]1. The second-order valence-electron chi connectivity index (χ2n) is 9.11. The van der Waals surface area contributed by atoms with Gasteiger partial charge < -0.3 is 20.4 Å². The van der Waals surface area contributed by atoms with Crippen LogP contribution in [-0.2, 0) is 20.7 Å². The van der Waals surface area contributed by atoms with Gasteiger partial charge in [0.2, 0.25) is 5.91 Å². The summed E-state index contributed by atoms with van der Waals surface area (Å²) < 4.78 is 4.78. The molecule has 0 saturated heterocycles. The first-order valence-electron chi connectivity index (χ1n) is 12.5. The summed E-state index contributed by atoms with van der Waals surface area (Å²) >= 11 is 6.61. The zero-order valence-electron chi connectivity index (χ0n) is 21.2. The molecule has 2 amide bonds. The number of rotatable bonds is 4. The third-order valence-electron chi connectivity index (χ3n) is 6.47. The van der Waals surface area contributed by atoms with E-state index in [1.165, 1.54) is 7.11 Å². The molecule has 1 aliphatic heterocycles. The van der Waals surface area contributed by atoms with Gasteiger partial charge in [-0.2, -0.15) is 0 Å². The Balaban J connectivity index is 1.52. The number of hydrogen-bond acceptors (Lipinski definition) is 6. The number of pyridine rings is 1. The Morgan fingerprint density at radius 1 is 1.15 bits per heavy atom. The van der Waals surface area contributed by atoms with Crippen LogP contribution >= 0.6 is 11.6 Å². The lowest BCUT2D eigenvalue weighted by Gasteiger charge is -2.16. The molecule has 1 atom stereocenters. The molecule has 0 spiro atoms. The van der Waals surface area contributed by atoms with E-state index in [1.807, 2.05) is 24.3 Å². The van der Waals surface area contributed by atoms with E-state index in [0.29, 0.717) is 46.7 Å². The Hall–Kier alpha value is -4.50. The average molecular weight is 544 g/mol. The lowest BCUT2D eigenvalue weighted by molar-refractivity contribution is -0.139. The molecule has 3 N–H and O–H groups in total. The number of H-pyrrole nitrogens is 1. The predicted octanol–water partition coefficient (Wildman–Crippen LogP) is 5.14. The number of hydrogen-bond donors (Lipinski definition) is 3. The highest BCUT2D eigenvalue weighted by atomic mass is 35.5. The summed E-state index contributed by atoms with van der Waals surface area (Å²) in [6, 6.07) is 13.8. The zero-order chi connectivity index (χ0) is 27.4. The van der Waals surface area contributed by atoms with E-state index in [4.69, 9.17) is 21.3 Å². The smallest absolute Gasteiger partial charge is 0.309 e. The number of carbonyl (C=O) groups is 3. The monoisotopic (exact) mass is 543 g/mol. The summed E-state index contributed by atoms with van der Waals surface area (Å²) in [4.78, 5) is 50.1. The molecule has 4 aromatic rings. The molecule has 2 aromatic heterocycles. The molecule has 2 aromatic carbocycles. The van der Waals surface area contributed by atoms with Crippen LogP contribution in [-0.4, -0.2) is 39.8 Å². The number of aromatic amines is 1. The Kier molecular flexibility index (Phi) is 7.69. The molecule has 3 heterocycles. The highest BCUT2D eigenvalue weighted by molar-refractivity contribution is 6.32. The number of anilines is 1. The van der Waals surface area contributed by atoms with Crippen molar-refractivity contribution in [3.63, 3.8) is 0 Å². The van der Waals surface area contributed by atoms with Crippen molar-refractivity contribution in [2.45, 2.75) is 31.7 Å². The van der Waals surface area contributed by atoms with Gasteiger partial charge in [-0.15, -0.1) is 0 Å².